The highest BCUT2D eigenvalue weighted by molar-refractivity contribution is 5.76. The molecule has 0 bridgehead atoms. The number of ether oxygens (including phenoxy) is 1. The third-order valence-corrected chi connectivity index (χ3v) is 4.14. The van der Waals surface area contributed by atoms with Crippen LogP contribution >= 0.6 is 0 Å². The molecule has 1 aliphatic carbocycles. The van der Waals surface area contributed by atoms with Crippen LogP contribution in [0.1, 0.15) is 43.7 Å². The lowest BCUT2D eigenvalue weighted by molar-refractivity contribution is -0.122. The summed E-state index contributed by atoms with van der Waals surface area (Å²) in [5.74, 6) is 1.69. The molecule has 0 spiro atoms. The first-order valence-corrected chi connectivity index (χ1v) is 7.54. The van der Waals surface area contributed by atoms with Gasteiger partial charge in [0.05, 0.1) is 13.0 Å². The second-order valence-corrected chi connectivity index (χ2v) is 6.03. The SMILES string of the molecule is Cc1ccc(OCCC(=O)NC2CCC(C)C2)cc1C. The van der Waals surface area contributed by atoms with E-state index >= 15 is 0 Å². The highest BCUT2D eigenvalue weighted by Gasteiger charge is 2.22. The molecule has 2 unspecified atom stereocenters. The molecule has 2 rings (SSSR count). The minimum Gasteiger partial charge on any atom is -0.493 e. The van der Waals surface area contributed by atoms with Crippen LogP contribution in [0, 0.1) is 19.8 Å². The van der Waals surface area contributed by atoms with Crippen molar-refractivity contribution in [3.05, 3.63) is 29.3 Å². The lowest BCUT2D eigenvalue weighted by Crippen LogP contribution is -2.33. The standard InChI is InChI=1S/C17H25NO2/c1-12-4-6-15(10-12)18-17(19)8-9-20-16-7-5-13(2)14(3)11-16/h5,7,11-12,15H,4,6,8-10H2,1-3H3,(H,18,19). The van der Waals surface area contributed by atoms with Crippen molar-refractivity contribution < 1.29 is 9.53 Å². The quantitative estimate of drug-likeness (QED) is 0.894. The Morgan fingerprint density at radius 2 is 2.10 bits per heavy atom. The van der Waals surface area contributed by atoms with Crippen LogP contribution in [-0.4, -0.2) is 18.6 Å². The molecular formula is C17H25NO2. The Kier molecular flexibility index (Phi) is 5.05. The topological polar surface area (TPSA) is 38.3 Å². The van der Waals surface area contributed by atoms with Gasteiger partial charge in [-0.1, -0.05) is 13.0 Å². The molecule has 1 aliphatic rings. The monoisotopic (exact) mass is 275 g/mol. The van der Waals surface area contributed by atoms with Crippen molar-refractivity contribution in [3.63, 3.8) is 0 Å². The Hall–Kier alpha value is -1.51. The summed E-state index contributed by atoms with van der Waals surface area (Å²) >= 11 is 0. The zero-order valence-electron chi connectivity index (χ0n) is 12.7. The van der Waals surface area contributed by atoms with E-state index in [4.69, 9.17) is 4.74 Å². The van der Waals surface area contributed by atoms with Gasteiger partial charge >= 0.3 is 0 Å². The van der Waals surface area contributed by atoms with Crippen molar-refractivity contribution in [2.24, 2.45) is 5.92 Å². The number of carbonyl (C=O) groups is 1. The maximum absolute atomic E-state index is 11.8. The van der Waals surface area contributed by atoms with Gasteiger partial charge in [0.2, 0.25) is 5.91 Å². The number of benzene rings is 1. The van der Waals surface area contributed by atoms with Crippen LogP contribution in [0.2, 0.25) is 0 Å². The Balaban J connectivity index is 1.69. The predicted molar refractivity (Wildman–Crippen MR) is 81.0 cm³/mol. The van der Waals surface area contributed by atoms with Crippen LogP contribution < -0.4 is 10.1 Å². The molecular weight excluding hydrogens is 250 g/mol. The van der Waals surface area contributed by atoms with E-state index < -0.39 is 0 Å². The van der Waals surface area contributed by atoms with Gasteiger partial charge in [-0.2, -0.15) is 0 Å². The zero-order valence-corrected chi connectivity index (χ0v) is 12.7. The van der Waals surface area contributed by atoms with Crippen LogP contribution in [0.15, 0.2) is 18.2 Å². The highest BCUT2D eigenvalue weighted by atomic mass is 16.5. The summed E-state index contributed by atoms with van der Waals surface area (Å²) in [7, 11) is 0. The maximum atomic E-state index is 11.8. The summed E-state index contributed by atoms with van der Waals surface area (Å²) in [5.41, 5.74) is 2.47. The van der Waals surface area contributed by atoms with E-state index in [1.165, 1.54) is 17.5 Å². The van der Waals surface area contributed by atoms with E-state index in [0.717, 1.165) is 24.5 Å². The summed E-state index contributed by atoms with van der Waals surface area (Å²) in [6.07, 6.45) is 3.89. The number of aryl methyl sites for hydroxylation is 2. The molecule has 1 fully saturated rings. The minimum atomic E-state index is 0.105. The van der Waals surface area contributed by atoms with Crippen LogP contribution in [0.3, 0.4) is 0 Å². The van der Waals surface area contributed by atoms with E-state index in [1.807, 2.05) is 18.2 Å². The number of hydrogen-bond donors (Lipinski definition) is 1. The van der Waals surface area contributed by atoms with Gasteiger partial charge in [-0.05, 0) is 62.3 Å². The molecule has 20 heavy (non-hydrogen) atoms. The van der Waals surface area contributed by atoms with Crippen molar-refractivity contribution in [3.8, 4) is 5.75 Å². The fourth-order valence-corrected chi connectivity index (χ4v) is 2.70. The van der Waals surface area contributed by atoms with Gasteiger partial charge in [-0.15, -0.1) is 0 Å². The summed E-state index contributed by atoms with van der Waals surface area (Å²) in [6.45, 7) is 6.83. The van der Waals surface area contributed by atoms with E-state index in [9.17, 15) is 4.79 Å². The van der Waals surface area contributed by atoms with Crippen LogP contribution in [-0.2, 0) is 4.79 Å². The molecule has 1 N–H and O–H groups in total. The first-order valence-electron chi connectivity index (χ1n) is 7.54. The maximum Gasteiger partial charge on any atom is 0.223 e. The first-order chi connectivity index (χ1) is 9.54. The van der Waals surface area contributed by atoms with Crippen LogP contribution in [0.25, 0.3) is 0 Å². The molecule has 2 atom stereocenters. The minimum absolute atomic E-state index is 0.105. The number of carbonyl (C=O) groups excluding carboxylic acids is 1. The van der Waals surface area contributed by atoms with Gasteiger partial charge in [0, 0.05) is 6.04 Å². The smallest absolute Gasteiger partial charge is 0.223 e. The first kappa shape index (κ1) is 14.9. The van der Waals surface area contributed by atoms with Crippen molar-refractivity contribution in [2.75, 3.05) is 6.61 Å². The molecule has 3 nitrogen and oxygen atoms in total. The third kappa shape index (κ3) is 4.26. The molecule has 0 heterocycles. The molecule has 0 radical (unpaired) electrons. The molecule has 0 aromatic heterocycles. The lowest BCUT2D eigenvalue weighted by atomic mass is 10.1. The number of amides is 1. The lowest BCUT2D eigenvalue weighted by Gasteiger charge is -2.13. The van der Waals surface area contributed by atoms with Crippen molar-refractivity contribution in [1.82, 2.24) is 5.32 Å². The Labute approximate surface area is 121 Å². The van der Waals surface area contributed by atoms with E-state index in [0.29, 0.717) is 19.1 Å². The molecule has 1 aromatic rings. The fraction of sp³-hybridized carbons (Fsp3) is 0.588. The Morgan fingerprint density at radius 3 is 2.75 bits per heavy atom. The number of rotatable bonds is 5. The average Bonchev–Trinajstić information content (AvgIpc) is 2.79. The number of hydrogen-bond acceptors (Lipinski definition) is 2. The Bertz CT molecular complexity index is 470. The van der Waals surface area contributed by atoms with E-state index in [-0.39, 0.29) is 5.91 Å². The van der Waals surface area contributed by atoms with Crippen molar-refractivity contribution >= 4 is 5.91 Å². The zero-order chi connectivity index (χ0) is 14.5. The van der Waals surface area contributed by atoms with Gasteiger partial charge < -0.3 is 10.1 Å². The average molecular weight is 275 g/mol. The number of nitrogens with one attached hydrogen (secondary N) is 1. The van der Waals surface area contributed by atoms with Crippen LogP contribution in [0.5, 0.6) is 5.75 Å². The van der Waals surface area contributed by atoms with Crippen LogP contribution in [0.4, 0.5) is 0 Å². The summed E-state index contributed by atoms with van der Waals surface area (Å²) in [6, 6.07) is 6.40. The van der Waals surface area contributed by atoms with Gasteiger partial charge in [0.15, 0.2) is 0 Å². The van der Waals surface area contributed by atoms with E-state index in [1.54, 1.807) is 0 Å². The van der Waals surface area contributed by atoms with Gasteiger partial charge in [-0.25, -0.2) is 0 Å². The fourth-order valence-electron chi connectivity index (χ4n) is 2.70. The van der Waals surface area contributed by atoms with Gasteiger partial charge in [0.1, 0.15) is 5.75 Å². The van der Waals surface area contributed by atoms with Crippen molar-refractivity contribution in [2.45, 2.75) is 52.5 Å². The third-order valence-electron chi connectivity index (χ3n) is 4.14. The second kappa shape index (κ2) is 6.78. The summed E-state index contributed by atoms with van der Waals surface area (Å²) < 4.78 is 5.64. The predicted octanol–water partition coefficient (Wildman–Crippen LogP) is 3.38. The Morgan fingerprint density at radius 1 is 1.30 bits per heavy atom. The van der Waals surface area contributed by atoms with Crippen molar-refractivity contribution in [1.29, 1.82) is 0 Å². The highest BCUT2D eigenvalue weighted by Crippen LogP contribution is 2.24. The molecule has 1 amide bonds. The largest absolute Gasteiger partial charge is 0.493 e. The second-order valence-electron chi connectivity index (χ2n) is 6.03. The molecule has 1 saturated carbocycles. The summed E-state index contributed by atoms with van der Waals surface area (Å²) in [5, 5.41) is 3.10. The van der Waals surface area contributed by atoms with E-state index in [2.05, 4.69) is 26.1 Å². The van der Waals surface area contributed by atoms with Gasteiger partial charge in [-0.3, -0.25) is 4.79 Å². The van der Waals surface area contributed by atoms with Gasteiger partial charge in [0.25, 0.3) is 0 Å². The molecule has 3 heteroatoms. The molecule has 110 valence electrons. The molecule has 0 aliphatic heterocycles. The molecule has 0 saturated heterocycles. The normalized spacial score (nSPS) is 21.8. The summed E-state index contributed by atoms with van der Waals surface area (Å²) in [4.78, 5) is 11.8. The molecule has 1 aromatic carbocycles.